The summed E-state index contributed by atoms with van der Waals surface area (Å²) in [5.74, 6) is -0.880. The minimum Gasteiger partial charge on any atom is -0.409 e. The maximum atomic E-state index is 11.9. The van der Waals surface area contributed by atoms with Crippen molar-refractivity contribution >= 4 is 11.7 Å². The minimum atomic E-state index is -0.622. The molecule has 0 fully saturated rings. The summed E-state index contributed by atoms with van der Waals surface area (Å²) in [7, 11) is 1.69. The van der Waals surface area contributed by atoms with E-state index in [9.17, 15) is 4.79 Å². The highest BCUT2D eigenvalue weighted by atomic mass is 16.4. The fourth-order valence-corrected chi connectivity index (χ4v) is 1.48. The molecule has 0 aromatic carbocycles. The highest BCUT2D eigenvalue weighted by molar-refractivity contribution is 6.01. The molecule has 1 aromatic rings. The molecule has 0 radical (unpaired) electrons. The Labute approximate surface area is 106 Å². The quantitative estimate of drug-likeness (QED) is 0.344. The van der Waals surface area contributed by atoms with Crippen molar-refractivity contribution in [1.29, 1.82) is 0 Å². The van der Waals surface area contributed by atoms with Crippen molar-refractivity contribution in [1.82, 2.24) is 9.88 Å². The molecule has 6 heteroatoms. The Morgan fingerprint density at radius 3 is 2.89 bits per heavy atom. The molecule has 3 N–H and O–H groups in total. The van der Waals surface area contributed by atoms with Gasteiger partial charge >= 0.3 is 0 Å². The largest absolute Gasteiger partial charge is 0.409 e. The Hall–Kier alpha value is -2.11. The van der Waals surface area contributed by atoms with Crippen LogP contribution in [0.5, 0.6) is 0 Å². The SMILES string of the molecule is CC(C(=O)N(C)CCc1ccccn1)C(N)=NO. The molecule has 1 unspecified atom stereocenters. The lowest BCUT2D eigenvalue weighted by Crippen LogP contribution is -2.39. The van der Waals surface area contributed by atoms with Crippen LogP contribution in [0, 0.1) is 5.92 Å². The minimum absolute atomic E-state index is 0.0790. The smallest absolute Gasteiger partial charge is 0.232 e. The van der Waals surface area contributed by atoms with Gasteiger partial charge in [-0.15, -0.1) is 0 Å². The van der Waals surface area contributed by atoms with Gasteiger partial charge in [-0.1, -0.05) is 11.2 Å². The van der Waals surface area contributed by atoms with Gasteiger partial charge in [0.05, 0.1) is 5.92 Å². The lowest BCUT2D eigenvalue weighted by molar-refractivity contribution is -0.131. The van der Waals surface area contributed by atoms with E-state index in [4.69, 9.17) is 10.9 Å². The first-order chi connectivity index (χ1) is 8.56. The number of likely N-dealkylation sites (N-methyl/N-ethyl adjacent to an activating group) is 1. The summed E-state index contributed by atoms with van der Waals surface area (Å²) in [6, 6.07) is 5.66. The van der Waals surface area contributed by atoms with E-state index in [2.05, 4.69) is 10.1 Å². The van der Waals surface area contributed by atoms with Crippen LogP contribution in [0.2, 0.25) is 0 Å². The van der Waals surface area contributed by atoms with Crippen LogP contribution in [-0.4, -0.2) is 40.4 Å². The van der Waals surface area contributed by atoms with Crippen molar-refractivity contribution in [2.24, 2.45) is 16.8 Å². The van der Waals surface area contributed by atoms with Gasteiger partial charge in [-0.25, -0.2) is 0 Å². The molecule has 0 aliphatic heterocycles. The second-order valence-corrected chi connectivity index (χ2v) is 4.08. The first-order valence-corrected chi connectivity index (χ1v) is 5.68. The molecule has 0 saturated heterocycles. The van der Waals surface area contributed by atoms with E-state index in [-0.39, 0.29) is 11.7 Å². The number of oxime groups is 1. The van der Waals surface area contributed by atoms with Gasteiger partial charge in [0.15, 0.2) is 5.84 Å². The Kier molecular flexibility index (Phi) is 5.10. The highest BCUT2D eigenvalue weighted by Gasteiger charge is 2.21. The van der Waals surface area contributed by atoms with Gasteiger partial charge in [0.25, 0.3) is 0 Å². The number of pyridine rings is 1. The van der Waals surface area contributed by atoms with Crippen molar-refractivity contribution in [3.63, 3.8) is 0 Å². The molecular weight excluding hydrogens is 232 g/mol. The van der Waals surface area contributed by atoms with Crippen molar-refractivity contribution in [3.8, 4) is 0 Å². The summed E-state index contributed by atoms with van der Waals surface area (Å²) in [6.07, 6.45) is 2.39. The zero-order valence-corrected chi connectivity index (χ0v) is 10.6. The number of carbonyl (C=O) groups excluding carboxylic acids is 1. The molecule has 0 aliphatic carbocycles. The molecule has 1 rings (SSSR count). The number of amidine groups is 1. The van der Waals surface area contributed by atoms with Gasteiger partial charge in [0, 0.05) is 31.9 Å². The summed E-state index contributed by atoms with van der Waals surface area (Å²) in [5.41, 5.74) is 6.33. The zero-order chi connectivity index (χ0) is 13.5. The Bertz CT molecular complexity index is 419. The number of carbonyl (C=O) groups is 1. The predicted molar refractivity (Wildman–Crippen MR) is 68.2 cm³/mol. The van der Waals surface area contributed by atoms with Gasteiger partial charge in [-0.3, -0.25) is 9.78 Å². The zero-order valence-electron chi connectivity index (χ0n) is 10.6. The topological polar surface area (TPSA) is 91.8 Å². The summed E-state index contributed by atoms with van der Waals surface area (Å²) in [6.45, 7) is 2.15. The number of aromatic nitrogens is 1. The third-order valence-corrected chi connectivity index (χ3v) is 2.74. The summed E-state index contributed by atoms with van der Waals surface area (Å²) >= 11 is 0. The van der Waals surface area contributed by atoms with Crippen molar-refractivity contribution < 1.29 is 10.0 Å². The summed E-state index contributed by atoms with van der Waals surface area (Å²) in [5, 5.41) is 11.4. The number of hydrogen-bond acceptors (Lipinski definition) is 4. The highest BCUT2D eigenvalue weighted by Crippen LogP contribution is 2.03. The number of rotatable bonds is 5. The van der Waals surface area contributed by atoms with Crippen LogP contribution in [0.25, 0.3) is 0 Å². The monoisotopic (exact) mass is 250 g/mol. The third-order valence-electron chi connectivity index (χ3n) is 2.74. The predicted octanol–water partition coefficient (Wildman–Crippen LogP) is 0.465. The molecule has 1 aromatic heterocycles. The van der Waals surface area contributed by atoms with Gasteiger partial charge in [-0.05, 0) is 19.1 Å². The average molecular weight is 250 g/mol. The third kappa shape index (κ3) is 3.73. The van der Waals surface area contributed by atoms with Crippen LogP contribution >= 0.6 is 0 Å². The van der Waals surface area contributed by atoms with Crippen molar-refractivity contribution in [3.05, 3.63) is 30.1 Å². The average Bonchev–Trinajstić information content (AvgIpc) is 2.43. The lowest BCUT2D eigenvalue weighted by atomic mass is 10.1. The van der Waals surface area contributed by atoms with Gasteiger partial charge in [-0.2, -0.15) is 0 Å². The first kappa shape index (κ1) is 14.0. The second kappa shape index (κ2) is 6.58. The Morgan fingerprint density at radius 1 is 1.61 bits per heavy atom. The molecule has 0 bridgehead atoms. The molecule has 18 heavy (non-hydrogen) atoms. The molecule has 98 valence electrons. The Balaban J connectivity index is 2.51. The van der Waals surface area contributed by atoms with Gasteiger partial charge in [0.2, 0.25) is 5.91 Å². The molecule has 1 atom stereocenters. The van der Waals surface area contributed by atoms with Gasteiger partial charge < -0.3 is 15.8 Å². The van der Waals surface area contributed by atoms with E-state index < -0.39 is 5.92 Å². The molecule has 6 nitrogen and oxygen atoms in total. The van der Waals surface area contributed by atoms with Crippen LogP contribution in [0.1, 0.15) is 12.6 Å². The standard InChI is InChI=1S/C12H18N4O2/c1-9(11(13)15-18)12(17)16(2)8-6-10-5-3-4-7-14-10/h3-5,7,9,18H,6,8H2,1-2H3,(H2,13,15). The normalized spacial score (nSPS) is 13.1. The number of hydrogen-bond donors (Lipinski definition) is 2. The first-order valence-electron chi connectivity index (χ1n) is 5.68. The van der Waals surface area contributed by atoms with E-state index in [1.54, 1.807) is 25.1 Å². The fourth-order valence-electron chi connectivity index (χ4n) is 1.48. The molecule has 0 aliphatic rings. The van der Waals surface area contributed by atoms with E-state index in [1.165, 1.54) is 0 Å². The van der Waals surface area contributed by atoms with Crippen molar-refractivity contribution in [2.75, 3.05) is 13.6 Å². The number of nitrogens with two attached hydrogens (primary N) is 1. The van der Waals surface area contributed by atoms with E-state index in [0.717, 1.165) is 5.69 Å². The maximum absolute atomic E-state index is 11.9. The maximum Gasteiger partial charge on any atom is 0.232 e. The Morgan fingerprint density at radius 2 is 2.33 bits per heavy atom. The molecule has 1 heterocycles. The molecule has 0 saturated carbocycles. The van der Waals surface area contributed by atoms with Crippen LogP contribution in [0.15, 0.2) is 29.6 Å². The number of nitrogens with zero attached hydrogens (tertiary/aromatic N) is 3. The van der Waals surface area contributed by atoms with Crippen LogP contribution in [-0.2, 0) is 11.2 Å². The molecular formula is C12H18N4O2. The number of amides is 1. The van der Waals surface area contributed by atoms with Crippen LogP contribution in [0.4, 0.5) is 0 Å². The lowest BCUT2D eigenvalue weighted by Gasteiger charge is -2.20. The molecule has 1 amide bonds. The van der Waals surface area contributed by atoms with E-state index in [1.807, 2.05) is 18.2 Å². The van der Waals surface area contributed by atoms with Crippen molar-refractivity contribution in [2.45, 2.75) is 13.3 Å². The van der Waals surface area contributed by atoms with E-state index >= 15 is 0 Å². The summed E-state index contributed by atoms with van der Waals surface area (Å²) in [4.78, 5) is 17.6. The fraction of sp³-hybridized carbons (Fsp3) is 0.417. The summed E-state index contributed by atoms with van der Waals surface area (Å²) < 4.78 is 0. The van der Waals surface area contributed by atoms with Gasteiger partial charge in [0.1, 0.15) is 0 Å². The van der Waals surface area contributed by atoms with Crippen LogP contribution < -0.4 is 5.73 Å². The second-order valence-electron chi connectivity index (χ2n) is 4.08. The molecule has 0 spiro atoms. The van der Waals surface area contributed by atoms with Crippen LogP contribution in [0.3, 0.4) is 0 Å². The van der Waals surface area contributed by atoms with E-state index in [0.29, 0.717) is 13.0 Å².